The second kappa shape index (κ2) is 12.4. The van der Waals surface area contributed by atoms with Crippen molar-refractivity contribution in [1.29, 1.82) is 0 Å². The Labute approximate surface area is 232 Å². The molecule has 1 N–H and O–H groups in total. The molecule has 5 rings (SSSR count). The molecule has 5 aromatic rings. The molecule has 0 aliphatic carbocycles. The van der Waals surface area contributed by atoms with Crippen LogP contribution in [0, 0.1) is 0 Å². The van der Waals surface area contributed by atoms with E-state index in [1.165, 1.54) is 22.9 Å². The van der Waals surface area contributed by atoms with Gasteiger partial charge in [-0.25, -0.2) is 0 Å². The number of para-hydroxylation sites is 2. The predicted octanol–water partition coefficient (Wildman–Crippen LogP) is 6.98. The van der Waals surface area contributed by atoms with Gasteiger partial charge in [0, 0.05) is 23.6 Å². The van der Waals surface area contributed by atoms with Gasteiger partial charge < -0.3 is 10.1 Å². The third-order valence-electron chi connectivity index (χ3n) is 6.19. The molecule has 0 saturated heterocycles. The first-order valence-electron chi connectivity index (χ1n) is 12.9. The Hall–Kier alpha value is -4.43. The minimum absolute atomic E-state index is 0.131. The van der Waals surface area contributed by atoms with Crippen LogP contribution in [0.2, 0.25) is 0 Å². The molecule has 0 saturated carbocycles. The second-order valence-electron chi connectivity index (χ2n) is 8.79. The van der Waals surface area contributed by atoms with Crippen molar-refractivity contribution in [2.75, 3.05) is 11.1 Å². The number of carbonyl (C=O) groups is 1. The van der Waals surface area contributed by atoms with E-state index < -0.39 is 0 Å². The zero-order valence-electron chi connectivity index (χ0n) is 21.9. The highest BCUT2D eigenvalue weighted by Crippen LogP contribution is 2.32. The van der Waals surface area contributed by atoms with Gasteiger partial charge in [0.1, 0.15) is 11.5 Å². The quantitative estimate of drug-likeness (QED) is 0.194. The molecule has 0 radical (unpaired) electrons. The van der Waals surface area contributed by atoms with Crippen LogP contribution in [0.25, 0.3) is 17.1 Å². The molecule has 8 heteroatoms. The Morgan fingerprint density at radius 1 is 0.846 bits per heavy atom. The second-order valence-corrected chi connectivity index (χ2v) is 9.73. The Morgan fingerprint density at radius 2 is 1.56 bits per heavy atom. The van der Waals surface area contributed by atoms with Crippen molar-refractivity contribution < 1.29 is 9.53 Å². The van der Waals surface area contributed by atoms with Crippen molar-refractivity contribution in [2.45, 2.75) is 31.8 Å². The lowest BCUT2D eigenvalue weighted by molar-refractivity contribution is -0.113. The largest absolute Gasteiger partial charge is 0.457 e. The monoisotopic (exact) mass is 535 g/mol. The van der Waals surface area contributed by atoms with Crippen molar-refractivity contribution in [3.63, 3.8) is 0 Å². The number of hydrogen-bond donors (Lipinski definition) is 1. The zero-order chi connectivity index (χ0) is 27.0. The molecule has 0 spiro atoms. The van der Waals surface area contributed by atoms with E-state index in [0.717, 1.165) is 29.8 Å². The molecule has 0 fully saturated rings. The van der Waals surface area contributed by atoms with Gasteiger partial charge in [0.05, 0.1) is 11.4 Å². The van der Waals surface area contributed by atoms with Crippen molar-refractivity contribution in [3.05, 3.63) is 108 Å². The number of anilines is 1. The number of carbonyl (C=O) groups excluding carboxylic acids is 1. The van der Waals surface area contributed by atoms with Crippen LogP contribution in [0.4, 0.5) is 5.69 Å². The van der Waals surface area contributed by atoms with Gasteiger partial charge in [-0.05, 0) is 72.5 Å². The van der Waals surface area contributed by atoms with Gasteiger partial charge in [0.25, 0.3) is 0 Å². The van der Waals surface area contributed by atoms with Crippen LogP contribution < -0.4 is 10.1 Å². The summed E-state index contributed by atoms with van der Waals surface area (Å²) in [5, 5.41) is 12.6. The van der Waals surface area contributed by atoms with Crippen LogP contribution in [0.15, 0.2) is 102 Å². The molecule has 39 heavy (non-hydrogen) atoms. The smallest absolute Gasteiger partial charge is 0.234 e. The first kappa shape index (κ1) is 26.2. The standard InChI is InChI=1S/C31H29N5O2S/c1-3-22-10-8-11-23(4-2)29(22)36-30(24-12-9-19-32-20-24)34-35-31(36)39-21-28(37)33-25-15-17-27(18-16-25)38-26-13-6-5-7-14-26/h5-20H,3-4,21H2,1-2H3,(H,33,37). The number of aryl methyl sites for hydroxylation is 2. The SMILES string of the molecule is CCc1cccc(CC)c1-n1c(SCC(=O)Nc2ccc(Oc3ccccc3)cc2)nnc1-c1cccnc1. The summed E-state index contributed by atoms with van der Waals surface area (Å²) >= 11 is 1.36. The van der Waals surface area contributed by atoms with Crippen LogP contribution in [0.3, 0.4) is 0 Å². The molecule has 0 atom stereocenters. The molecule has 0 aliphatic rings. The van der Waals surface area contributed by atoms with Crippen LogP contribution in [-0.4, -0.2) is 31.4 Å². The third-order valence-corrected chi connectivity index (χ3v) is 7.12. The van der Waals surface area contributed by atoms with Crippen LogP contribution in [-0.2, 0) is 17.6 Å². The van der Waals surface area contributed by atoms with Crippen molar-refractivity contribution in [2.24, 2.45) is 0 Å². The number of pyridine rings is 1. The minimum atomic E-state index is -0.131. The van der Waals surface area contributed by atoms with E-state index in [0.29, 0.717) is 22.4 Å². The van der Waals surface area contributed by atoms with Gasteiger partial charge in [0.15, 0.2) is 11.0 Å². The van der Waals surface area contributed by atoms with Gasteiger partial charge in [-0.2, -0.15) is 0 Å². The first-order valence-corrected chi connectivity index (χ1v) is 13.9. The first-order chi connectivity index (χ1) is 19.2. The van der Waals surface area contributed by atoms with E-state index in [1.54, 1.807) is 12.4 Å². The van der Waals surface area contributed by atoms with E-state index in [1.807, 2.05) is 66.7 Å². The summed E-state index contributed by atoms with van der Waals surface area (Å²) in [5.74, 6) is 2.22. The van der Waals surface area contributed by atoms with E-state index >= 15 is 0 Å². The number of aromatic nitrogens is 4. The number of hydrogen-bond acceptors (Lipinski definition) is 6. The maximum Gasteiger partial charge on any atom is 0.234 e. The highest BCUT2D eigenvalue weighted by molar-refractivity contribution is 7.99. The Kier molecular flexibility index (Phi) is 8.33. The molecule has 0 unspecified atom stereocenters. The molecule has 2 aromatic heterocycles. The summed E-state index contributed by atoms with van der Waals surface area (Å²) in [7, 11) is 0. The maximum atomic E-state index is 12.9. The molecule has 0 bridgehead atoms. The molecule has 7 nitrogen and oxygen atoms in total. The zero-order valence-corrected chi connectivity index (χ0v) is 22.7. The van der Waals surface area contributed by atoms with Crippen LogP contribution in [0.5, 0.6) is 11.5 Å². The highest BCUT2D eigenvalue weighted by Gasteiger charge is 2.21. The summed E-state index contributed by atoms with van der Waals surface area (Å²) in [6.45, 7) is 4.28. The average Bonchev–Trinajstić information content (AvgIpc) is 3.41. The Morgan fingerprint density at radius 3 is 2.23 bits per heavy atom. The summed E-state index contributed by atoms with van der Waals surface area (Å²) in [5.41, 5.74) is 5.03. The van der Waals surface area contributed by atoms with E-state index in [9.17, 15) is 4.79 Å². The van der Waals surface area contributed by atoms with Crippen molar-refractivity contribution >= 4 is 23.4 Å². The Bertz CT molecular complexity index is 1510. The lowest BCUT2D eigenvalue weighted by Crippen LogP contribution is -2.15. The van der Waals surface area contributed by atoms with Crippen molar-refractivity contribution in [1.82, 2.24) is 19.7 Å². The number of nitrogens with one attached hydrogen (secondary N) is 1. The van der Waals surface area contributed by atoms with Gasteiger partial charge in [-0.1, -0.05) is 62.0 Å². The number of nitrogens with zero attached hydrogens (tertiary/aromatic N) is 4. The molecule has 3 aromatic carbocycles. The Balaban J connectivity index is 1.35. The van der Waals surface area contributed by atoms with Gasteiger partial charge in [-0.15, -0.1) is 10.2 Å². The molecular weight excluding hydrogens is 506 g/mol. The van der Waals surface area contributed by atoms with E-state index in [-0.39, 0.29) is 11.7 Å². The van der Waals surface area contributed by atoms with Crippen LogP contribution >= 0.6 is 11.8 Å². The summed E-state index contributed by atoms with van der Waals surface area (Å²) in [6, 6.07) is 27.1. The highest BCUT2D eigenvalue weighted by atomic mass is 32.2. The number of amides is 1. The van der Waals surface area contributed by atoms with Crippen molar-refractivity contribution in [3.8, 4) is 28.6 Å². The summed E-state index contributed by atoms with van der Waals surface area (Å²) < 4.78 is 7.91. The number of rotatable bonds is 10. The lowest BCUT2D eigenvalue weighted by atomic mass is 10.0. The fourth-order valence-electron chi connectivity index (χ4n) is 4.31. The molecule has 0 aliphatic heterocycles. The van der Waals surface area contributed by atoms with Gasteiger partial charge in [0.2, 0.25) is 5.91 Å². The number of benzene rings is 3. The molecule has 2 heterocycles. The van der Waals surface area contributed by atoms with Crippen LogP contribution in [0.1, 0.15) is 25.0 Å². The van der Waals surface area contributed by atoms with E-state index in [2.05, 4.69) is 57.1 Å². The molecule has 196 valence electrons. The third kappa shape index (κ3) is 6.18. The normalized spacial score (nSPS) is 10.8. The lowest BCUT2D eigenvalue weighted by Gasteiger charge is -2.18. The number of ether oxygens (including phenoxy) is 1. The van der Waals surface area contributed by atoms with Gasteiger partial charge in [-0.3, -0.25) is 14.3 Å². The predicted molar refractivity (Wildman–Crippen MR) is 156 cm³/mol. The average molecular weight is 536 g/mol. The number of thioether (sulfide) groups is 1. The fraction of sp³-hybridized carbons (Fsp3) is 0.161. The topological polar surface area (TPSA) is 81.9 Å². The minimum Gasteiger partial charge on any atom is -0.457 e. The summed E-state index contributed by atoms with van der Waals surface area (Å²) in [4.78, 5) is 17.2. The van der Waals surface area contributed by atoms with Gasteiger partial charge >= 0.3 is 0 Å². The molecule has 1 amide bonds. The fourth-order valence-corrected chi connectivity index (χ4v) is 5.05. The van der Waals surface area contributed by atoms with E-state index in [4.69, 9.17) is 4.74 Å². The maximum absolute atomic E-state index is 12.9. The summed E-state index contributed by atoms with van der Waals surface area (Å²) in [6.07, 6.45) is 5.25. The molecular formula is C31H29N5O2S.